The van der Waals surface area contributed by atoms with Gasteiger partial charge in [-0.2, -0.15) is 0 Å². The minimum Gasteiger partial charge on any atom is -0.545 e. The predicted octanol–water partition coefficient (Wildman–Crippen LogP) is 2.12. The van der Waals surface area contributed by atoms with Crippen molar-refractivity contribution in [2.75, 3.05) is 0 Å². The average molecular weight is 223 g/mol. The standard InChI is InChI=1S/C15H12O2/c16-15(17)10-9-12-5-4-8-14(11-12)13-6-2-1-3-7-13/h1-11H,(H,16,17)/p-1/b10-9+. The average Bonchev–Trinajstić information content (AvgIpc) is 2.38. The molecular formula is C15H11O2-. The lowest BCUT2D eigenvalue weighted by Crippen LogP contribution is -2.18. The van der Waals surface area contributed by atoms with Crippen molar-refractivity contribution in [1.29, 1.82) is 0 Å². The number of carboxylic acids is 1. The summed E-state index contributed by atoms with van der Waals surface area (Å²) in [4.78, 5) is 10.3. The van der Waals surface area contributed by atoms with Crippen LogP contribution in [0.25, 0.3) is 17.2 Å². The Morgan fingerprint density at radius 2 is 1.65 bits per heavy atom. The quantitative estimate of drug-likeness (QED) is 0.748. The Balaban J connectivity index is 2.32. The van der Waals surface area contributed by atoms with Crippen LogP contribution in [0.5, 0.6) is 0 Å². The Morgan fingerprint density at radius 1 is 0.941 bits per heavy atom. The SMILES string of the molecule is O=C([O-])/C=C/c1cccc(-c2ccccc2)c1. The third kappa shape index (κ3) is 3.05. The molecule has 2 rings (SSSR count). The van der Waals surface area contributed by atoms with Crippen LogP contribution in [0.15, 0.2) is 60.7 Å². The lowest BCUT2D eigenvalue weighted by molar-refractivity contribution is -0.297. The Hall–Kier alpha value is -2.35. The molecule has 0 aliphatic carbocycles. The molecule has 0 bridgehead atoms. The number of carboxylic acid groups (broad SMARTS) is 1. The second-order valence-corrected chi connectivity index (χ2v) is 3.64. The van der Waals surface area contributed by atoms with E-state index in [2.05, 4.69) is 0 Å². The predicted molar refractivity (Wildman–Crippen MR) is 65.9 cm³/mol. The van der Waals surface area contributed by atoms with E-state index in [4.69, 9.17) is 0 Å². The summed E-state index contributed by atoms with van der Waals surface area (Å²) in [6.07, 6.45) is 2.56. The van der Waals surface area contributed by atoms with E-state index in [9.17, 15) is 9.90 Å². The maximum absolute atomic E-state index is 10.3. The van der Waals surface area contributed by atoms with E-state index in [1.54, 1.807) is 0 Å². The van der Waals surface area contributed by atoms with Gasteiger partial charge >= 0.3 is 0 Å². The lowest BCUT2D eigenvalue weighted by atomic mass is 10.0. The third-order valence-electron chi connectivity index (χ3n) is 2.41. The highest BCUT2D eigenvalue weighted by Gasteiger charge is 1.96. The molecule has 2 aromatic carbocycles. The Morgan fingerprint density at radius 3 is 2.35 bits per heavy atom. The van der Waals surface area contributed by atoms with Crippen LogP contribution in [0.4, 0.5) is 0 Å². The molecule has 84 valence electrons. The van der Waals surface area contributed by atoms with E-state index in [0.29, 0.717) is 0 Å². The van der Waals surface area contributed by atoms with Crippen molar-refractivity contribution in [3.63, 3.8) is 0 Å². The molecule has 0 amide bonds. The van der Waals surface area contributed by atoms with E-state index in [1.807, 2.05) is 54.6 Å². The first-order chi connectivity index (χ1) is 8.25. The van der Waals surface area contributed by atoms with Crippen LogP contribution in [0.1, 0.15) is 5.56 Å². The zero-order valence-electron chi connectivity index (χ0n) is 9.17. The van der Waals surface area contributed by atoms with E-state index in [1.165, 1.54) is 6.08 Å². The second-order valence-electron chi connectivity index (χ2n) is 3.64. The molecule has 0 spiro atoms. The van der Waals surface area contributed by atoms with Crippen molar-refractivity contribution in [2.24, 2.45) is 0 Å². The summed E-state index contributed by atoms with van der Waals surface area (Å²) in [5, 5.41) is 10.3. The van der Waals surface area contributed by atoms with E-state index >= 15 is 0 Å². The number of carbonyl (C=O) groups is 1. The first-order valence-electron chi connectivity index (χ1n) is 5.30. The smallest absolute Gasteiger partial charge is 0.0643 e. The minimum atomic E-state index is -1.19. The van der Waals surface area contributed by atoms with E-state index in [0.717, 1.165) is 22.8 Å². The topological polar surface area (TPSA) is 40.1 Å². The van der Waals surface area contributed by atoms with Gasteiger partial charge in [0.1, 0.15) is 0 Å². The normalized spacial score (nSPS) is 10.6. The van der Waals surface area contributed by atoms with Crippen LogP contribution in [0.2, 0.25) is 0 Å². The number of benzene rings is 2. The van der Waals surface area contributed by atoms with Crippen LogP contribution in [0, 0.1) is 0 Å². The molecule has 17 heavy (non-hydrogen) atoms. The fourth-order valence-electron chi connectivity index (χ4n) is 1.62. The van der Waals surface area contributed by atoms with Gasteiger partial charge in [0.25, 0.3) is 0 Å². The van der Waals surface area contributed by atoms with Gasteiger partial charge in [0.2, 0.25) is 0 Å². The highest BCUT2D eigenvalue weighted by Crippen LogP contribution is 2.20. The van der Waals surface area contributed by atoms with Crippen molar-refractivity contribution in [3.8, 4) is 11.1 Å². The first kappa shape index (κ1) is 11.1. The highest BCUT2D eigenvalue weighted by molar-refractivity contribution is 5.84. The van der Waals surface area contributed by atoms with Crippen molar-refractivity contribution in [1.82, 2.24) is 0 Å². The van der Waals surface area contributed by atoms with Crippen LogP contribution >= 0.6 is 0 Å². The van der Waals surface area contributed by atoms with Gasteiger partial charge < -0.3 is 9.90 Å². The lowest BCUT2D eigenvalue weighted by Gasteiger charge is -2.02. The summed E-state index contributed by atoms with van der Waals surface area (Å²) < 4.78 is 0. The summed E-state index contributed by atoms with van der Waals surface area (Å²) in [5.41, 5.74) is 3.01. The maximum Gasteiger partial charge on any atom is 0.0643 e. The van der Waals surface area contributed by atoms with Crippen molar-refractivity contribution < 1.29 is 9.90 Å². The molecular weight excluding hydrogens is 212 g/mol. The van der Waals surface area contributed by atoms with E-state index < -0.39 is 5.97 Å². The van der Waals surface area contributed by atoms with Crippen LogP contribution in [0.3, 0.4) is 0 Å². The molecule has 0 atom stereocenters. The monoisotopic (exact) mass is 223 g/mol. The summed E-state index contributed by atoms with van der Waals surface area (Å²) in [6.45, 7) is 0. The minimum absolute atomic E-state index is 0.843. The molecule has 2 aromatic rings. The van der Waals surface area contributed by atoms with Crippen LogP contribution < -0.4 is 5.11 Å². The molecule has 0 unspecified atom stereocenters. The van der Waals surface area contributed by atoms with Crippen molar-refractivity contribution >= 4 is 12.0 Å². The molecule has 0 fully saturated rings. The molecule has 0 N–H and O–H groups in total. The Bertz CT molecular complexity index is 542. The fraction of sp³-hybridized carbons (Fsp3) is 0. The molecule has 0 aliphatic rings. The summed E-state index contributed by atoms with van der Waals surface area (Å²) in [7, 11) is 0. The molecule has 0 heterocycles. The number of hydrogen-bond donors (Lipinski definition) is 0. The highest BCUT2D eigenvalue weighted by atomic mass is 16.4. The fourth-order valence-corrected chi connectivity index (χ4v) is 1.62. The number of hydrogen-bond acceptors (Lipinski definition) is 2. The van der Waals surface area contributed by atoms with Gasteiger partial charge in [0.05, 0.1) is 5.97 Å². The number of rotatable bonds is 3. The molecule has 0 aliphatic heterocycles. The molecule has 2 heteroatoms. The van der Waals surface area contributed by atoms with Gasteiger partial charge in [-0.1, -0.05) is 54.6 Å². The first-order valence-corrected chi connectivity index (χ1v) is 5.30. The maximum atomic E-state index is 10.3. The van der Waals surface area contributed by atoms with Gasteiger partial charge in [-0.3, -0.25) is 0 Å². The summed E-state index contributed by atoms with van der Waals surface area (Å²) in [5.74, 6) is -1.19. The zero-order valence-corrected chi connectivity index (χ0v) is 9.17. The zero-order chi connectivity index (χ0) is 12.1. The van der Waals surface area contributed by atoms with Gasteiger partial charge in [-0.25, -0.2) is 0 Å². The summed E-state index contributed by atoms with van der Waals surface area (Å²) in [6, 6.07) is 17.6. The Labute approximate surface area is 99.8 Å². The van der Waals surface area contributed by atoms with Gasteiger partial charge in [-0.15, -0.1) is 0 Å². The molecule has 0 radical (unpaired) electrons. The van der Waals surface area contributed by atoms with Gasteiger partial charge in [0, 0.05) is 0 Å². The number of aliphatic carboxylic acids is 1. The third-order valence-corrected chi connectivity index (χ3v) is 2.41. The van der Waals surface area contributed by atoms with Gasteiger partial charge in [0.15, 0.2) is 0 Å². The molecule has 0 saturated carbocycles. The van der Waals surface area contributed by atoms with Crippen LogP contribution in [-0.4, -0.2) is 5.97 Å². The summed E-state index contributed by atoms with van der Waals surface area (Å²) >= 11 is 0. The van der Waals surface area contributed by atoms with E-state index in [-0.39, 0.29) is 0 Å². The number of carbonyl (C=O) groups excluding carboxylic acids is 1. The molecule has 0 aromatic heterocycles. The Kier molecular flexibility index (Phi) is 3.36. The largest absolute Gasteiger partial charge is 0.545 e. The van der Waals surface area contributed by atoms with Crippen molar-refractivity contribution in [2.45, 2.75) is 0 Å². The molecule has 2 nitrogen and oxygen atoms in total. The van der Waals surface area contributed by atoms with Crippen molar-refractivity contribution in [3.05, 3.63) is 66.2 Å². The van der Waals surface area contributed by atoms with Crippen LogP contribution in [-0.2, 0) is 4.79 Å². The second kappa shape index (κ2) is 5.12. The molecule has 0 saturated heterocycles. The van der Waals surface area contributed by atoms with Gasteiger partial charge in [-0.05, 0) is 28.8 Å².